The van der Waals surface area contributed by atoms with Gasteiger partial charge in [0.05, 0.1) is 24.6 Å². The van der Waals surface area contributed by atoms with Gasteiger partial charge in [-0.15, -0.1) is 0 Å². The van der Waals surface area contributed by atoms with Gasteiger partial charge in [0.1, 0.15) is 5.82 Å². The predicted molar refractivity (Wildman–Crippen MR) is 78.9 cm³/mol. The Labute approximate surface area is 119 Å². The van der Waals surface area contributed by atoms with Crippen LogP contribution in [-0.2, 0) is 4.74 Å². The normalized spacial score (nSPS) is 19.9. The molecule has 1 unspecified atom stereocenters. The van der Waals surface area contributed by atoms with Gasteiger partial charge < -0.3 is 15.4 Å². The zero-order valence-electron chi connectivity index (χ0n) is 12.3. The van der Waals surface area contributed by atoms with E-state index in [4.69, 9.17) is 10.5 Å². The van der Waals surface area contributed by atoms with Crippen molar-refractivity contribution in [1.82, 2.24) is 9.88 Å². The molecule has 2 N–H and O–H groups in total. The van der Waals surface area contributed by atoms with Crippen LogP contribution in [-0.4, -0.2) is 55.2 Å². The highest BCUT2D eigenvalue weighted by molar-refractivity contribution is 5.95. The molecule has 6 heteroatoms. The lowest BCUT2D eigenvalue weighted by molar-refractivity contribution is 0.0602. The van der Waals surface area contributed by atoms with Crippen LogP contribution < -0.4 is 10.6 Å². The largest absolute Gasteiger partial charge is 0.465 e. The van der Waals surface area contributed by atoms with Crippen molar-refractivity contribution >= 4 is 17.5 Å². The monoisotopic (exact) mass is 278 g/mol. The fourth-order valence-corrected chi connectivity index (χ4v) is 2.59. The number of carbonyl (C=O) groups is 1. The van der Waals surface area contributed by atoms with E-state index in [1.165, 1.54) is 13.3 Å². The number of ether oxygens (including phenoxy) is 1. The van der Waals surface area contributed by atoms with E-state index in [9.17, 15) is 4.79 Å². The number of methoxy groups -OCH3 is 1. The van der Waals surface area contributed by atoms with Gasteiger partial charge in [-0.1, -0.05) is 6.92 Å². The molecule has 1 atom stereocenters. The van der Waals surface area contributed by atoms with E-state index in [-0.39, 0.29) is 0 Å². The van der Waals surface area contributed by atoms with Crippen LogP contribution >= 0.6 is 0 Å². The van der Waals surface area contributed by atoms with Crippen LogP contribution in [0.5, 0.6) is 0 Å². The number of hydrogen-bond donors (Lipinski definition) is 1. The van der Waals surface area contributed by atoms with Gasteiger partial charge in [0, 0.05) is 25.7 Å². The number of carbonyl (C=O) groups excluding carboxylic acids is 1. The van der Waals surface area contributed by atoms with E-state index in [0.29, 0.717) is 17.3 Å². The Hall–Kier alpha value is -1.82. The Kier molecular flexibility index (Phi) is 4.44. The van der Waals surface area contributed by atoms with E-state index < -0.39 is 5.97 Å². The highest BCUT2D eigenvalue weighted by Gasteiger charge is 2.24. The van der Waals surface area contributed by atoms with Gasteiger partial charge in [-0.05, 0) is 19.5 Å². The zero-order valence-corrected chi connectivity index (χ0v) is 12.3. The molecular formula is C14H22N4O2. The molecule has 1 aliphatic heterocycles. The van der Waals surface area contributed by atoms with Crippen LogP contribution in [0.4, 0.5) is 11.5 Å². The van der Waals surface area contributed by atoms with E-state index >= 15 is 0 Å². The number of pyridine rings is 1. The van der Waals surface area contributed by atoms with Gasteiger partial charge in [0.25, 0.3) is 0 Å². The number of aromatic nitrogens is 1. The highest BCUT2D eigenvalue weighted by Crippen LogP contribution is 2.21. The van der Waals surface area contributed by atoms with Crippen LogP contribution in [0.15, 0.2) is 12.3 Å². The molecule has 0 saturated carbocycles. The Morgan fingerprint density at radius 2 is 2.30 bits per heavy atom. The molecule has 1 aromatic rings. The van der Waals surface area contributed by atoms with Crippen molar-refractivity contribution in [2.45, 2.75) is 19.9 Å². The average Bonchev–Trinajstić information content (AvgIpc) is 2.47. The summed E-state index contributed by atoms with van der Waals surface area (Å²) in [7, 11) is 1.35. The fourth-order valence-electron chi connectivity index (χ4n) is 2.59. The van der Waals surface area contributed by atoms with Crippen molar-refractivity contribution in [3.8, 4) is 0 Å². The molecule has 1 aromatic heterocycles. The lowest BCUT2D eigenvalue weighted by Gasteiger charge is -2.40. The summed E-state index contributed by atoms with van der Waals surface area (Å²) in [6.07, 6.45) is 1.53. The third-order valence-electron chi connectivity index (χ3n) is 3.82. The first kappa shape index (κ1) is 14.6. The van der Waals surface area contributed by atoms with Crippen molar-refractivity contribution < 1.29 is 9.53 Å². The highest BCUT2D eigenvalue weighted by atomic mass is 16.5. The van der Waals surface area contributed by atoms with Crippen LogP contribution in [0.3, 0.4) is 0 Å². The number of nitrogen functional groups attached to an aromatic ring is 1. The standard InChI is InChI=1S/C14H22N4O2/c1-4-17-5-6-18(9-10(17)2)13-7-11(14(19)20-3)12(15)8-16-13/h7-8,10H,4-6,9,15H2,1-3H3. The first-order chi connectivity index (χ1) is 9.56. The molecule has 1 saturated heterocycles. The van der Waals surface area contributed by atoms with Crippen LogP contribution in [0.25, 0.3) is 0 Å². The second-order valence-electron chi connectivity index (χ2n) is 5.04. The quantitative estimate of drug-likeness (QED) is 0.831. The maximum atomic E-state index is 11.7. The van der Waals surface area contributed by atoms with Crippen LogP contribution in [0, 0.1) is 0 Å². The molecule has 2 heterocycles. The Morgan fingerprint density at radius 1 is 1.55 bits per heavy atom. The van der Waals surface area contributed by atoms with Gasteiger partial charge >= 0.3 is 5.97 Å². The van der Waals surface area contributed by atoms with E-state index in [0.717, 1.165) is 32.0 Å². The van der Waals surface area contributed by atoms with Crippen LogP contribution in [0.2, 0.25) is 0 Å². The number of hydrogen-bond acceptors (Lipinski definition) is 6. The third-order valence-corrected chi connectivity index (χ3v) is 3.82. The molecule has 0 aromatic carbocycles. The van der Waals surface area contributed by atoms with E-state index in [1.807, 2.05) is 0 Å². The zero-order chi connectivity index (χ0) is 14.7. The number of anilines is 2. The molecule has 0 radical (unpaired) electrons. The van der Waals surface area contributed by atoms with Crippen molar-refractivity contribution in [3.05, 3.63) is 17.8 Å². The Morgan fingerprint density at radius 3 is 2.90 bits per heavy atom. The number of piperazine rings is 1. The molecule has 0 spiro atoms. The lowest BCUT2D eigenvalue weighted by atomic mass is 10.1. The summed E-state index contributed by atoms with van der Waals surface area (Å²) in [5.41, 5.74) is 6.50. The molecule has 1 fully saturated rings. The average molecular weight is 278 g/mol. The topological polar surface area (TPSA) is 71.7 Å². The maximum Gasteiger partial charge on any atom is 0.340 e. The second kappa shape index (κ2) is 6.09. The molecule has 110 valence electrons. The minimum absolute atomic E-state index is 0.348. The number of esters is 1. The Balaban J connectivity index is 2.19. The maximum absolute atomic E-state index is 11.7. The SMILES string of the molecule is CCN1CCN(c2cc(C(=O)OC)c(N)cn2)CC1C. The summed E-state index contributed by atoms with van der Waals surface area (Å²) in [5.74, 6) is 0.355. The summed E-state index contributed by atoms with van der Waals surface area (Å²) in [6, 6.07) is 2.19. The predicted octanol–water partition coefficient (Wildman–Crippen LogP) is 0.981. The Bertz CT molecular complexity index is 492. The first-order valence-corrected chi connectivity index (χ1v) is 6.89. The summed E-state index contributed by atoms with van der Waals surface area (Å²) >= 11 is 0. The molecule has 20 heavy (non-hydrogen) atoms. The van der Waals surface area contributed by atoms with Gasteiger partial charge in [0.2, 0.25) is 0 Å². The van der Waals surface area contributed by atoms with Crippen molar-refractivity contribution in [3.63, 3.8) is 0 Å². The number of nitrogens with two attached hydrogens (primary N) is 1. The van der Waals surface area contributed by atoms with Crippen molar-refractivity contribution in [2.24, 2.45) is 0 Å². The van der Waals surface area contributed by atoms with Gasteiger partial charge in [-0.25, -0.2) is 9.78 Å². The smallest absolute Gasteiger partial charge is 0.340 e. The first-order valence-electron chi connectivity index (χ1n) is 6.89. The number of nitrogens with zero attached hydrogens (tertiary/aromatic N) is 3. The lowest BCUT2D eigenvalue weighted by Crippen LogP contribution is -2.52. The van der Waals surface area contributed by atoms with Crippen molar-refractivity contribution in [1.29, 1.82) is 0 Å². The summed E-state index contributed by atoms with van der Waals surface area (Å²) in [5, 5.41) is 0. The number of rotatable bonds is 3. The fraction of sp³-hybridized carbons (Fsp3) is 0.571. The molecule has 0 amide bonds. The van der Waals surface area contributed by atoms with E-state index in [1.54, 1.807) is 6.07 Å². The second-order valence-corrected chi connectivity index (χ2v) is 5.04. The van der Waals surface area contributed by atoms with E-state index in [2.05, 4.69) is 28.6 Å². The van der Waals surface area contributed by atoms with Crippen molar-refractivity contribution in [2.75, 3.05) is 43.9 Å². The van der Waals surface area contributed by atoms with Gasteiger partial charge in [-0.3, -0.25) is 4.90 Å². The third kappa shape index (κ3) is 2.85. The minimum atomic E-state index is -0.425. The molecule has 2 rings (SSSR count). The molecule has 1 aliphatic rings. The van der Waals surface area contributed by atoms with Crippen LogP contribution in [0.1, 0.15) is 24.2 Å². The molecule has 0 aliphatic carbocycles. The minimum Gasteiger partial charge on any atom is -0.465 e. The van der Waals surface area contributed by atoms with Gasteiger partial charge in [-0.2, -0.15) is 0 Å². The summed E-state index contributed by atoms with van der Waals surface area (Å²) in [6.45, 7) is 8.22. The molecule has 6 nitrogen and oxygen atoms in total. The number of likely N-dealkylation sites (N-methyl/N-ethyl adjacent to an activating group) is 1. The summed E-state index contributed by atoms with van der Waals surface area (Å²) < 4.78 is 4.74. The molecular weight excluding hydrogens is 256 g/mol. The summed E-state index contributed by atoms with van der Waals surface area (Å²) in [4.78, 5) is 20.6. The molecule has 0 bridgehead atoms. The van der Waals surface area contributed by atoms with Gasteiger partial charge in [0.15, 0.2) is 0 Å².